The summed E-state index contributed by atoms with van der Waals surface area (Å²) in [4.78, 5) is 60.6. The first-order valence-corrected chi connectivity index (χ1v) is 51.9. The Kier molecular flexibility index (Phi) is 48.3. The third-order valence-electron chi connectivity index (χ3n) is 21.6. The van der Waals surface area contributed by atoms with Crippen molar-refractivity contribution >= 4 is 71.0 Å². The van der Waals surface area contributed by atoms with Crippen LogP contribution >= 0.6 is 24.2 Å². The second-order valence-electron chi connectivity index (χ2n) is 36.8. The molecule has 0 unspecified atom stereocenters. The summed E-state index contributed by atoms with van der Waals surface area (Å²) in [5.41, 5.74) is -2.24. The van der Waals surface area contributed by atoms with Gasteiger partial charge in [-0.05, 0) is 267 Å². The van der Waals surface area contributed by atoms with Gasteiger partial charge in [0.15, 0.2) is 29.5 Å². The van der Waals surface area contributed by atoms with Crippen LogP contribution in [-0.4, -0.2) is 125 Å². The van der Waals surface area contributed by atoms with Crippen LogP contribution in [0.15, 0.2) is 178 Å². The first kappa shape index (κ1) is 120. The van der Waals surface area contributed by atoms with Crippen molar-refractivity contribution in [3.8, 4) is 0 Å². The quantitative estimate of drug-likeness (QED) is 0.0219. The minimum Gasteiger partial charge on any atom is -0.790 e. The van der Waals surface area contributed by atoms with Crippen LogP contribution in [0, 0.1) is 35.5 Å². The summed E-state index contributed by atoms with van der Waals surface area (Å²) < 4.78 is 252. The Balaban J connectivity index is 0.000000377. The van der Waals surface area contributed by atoms with Crippen LogP contribution in [0.3, 0.4) is 0 Å². The maximum Gasteiger partial charge on any atom is 1.00 e. The zero-order chi connectivity index (χ0) is 95.9. The molecule has 21 nitrogen and oxygen atoms in total. The topological polar surface area (TPSA) is 313 Å². The molecule has 0 amide bonds. The van der Waals surface area contributed by atoms with E-state index in [1.807, 2.05) is 60.7 Å². The van der Waals surface area contributed by atoms with Gasteiger partial charge < -0.3 is 33.0 Å². The van der Waals surface area contributed by atoms with Gasteiger partial charge in [0.05, 0.1) is 98.7 Å². The van der Waals surface area contributed by atoms with Crippen molar-refractivity contribution in [2.24, 2.45) is 35.5 Å². The average molecular weight is 2000 g/mol. The van der Waals surface area contributed by atoms with E-state index in [0.29, 0.717) is 82.6 Å². The van der Waals surface area contributed by atoms with E-state index in [4.69, 9.17) is 22.6 Å². The molecule has 0 spiro atoms. The molecule has 3 saturated carbocycles. The van der Waals surface area contributed by atoms with Gasteiger partial charge in [0.2, 0.25) is 0 Å². The first-order chi connectivity index (χ1) is 59.1. The minimum absolute atomic E-state index is 0. The van der Waals surface area contributed by atoms with E-state index in [1.54, 1.807) is 71.9 Å². The Bertz CT molecular complexity index is 4860. The van der Waals surface area contributed by atoms with Crippen molar-refractivity contribution in [1.82, 2.24) is 4.67 Å². The molecule has 0 bridgehead atoms. The smallest absolute Gasteiger partial charge is 0.790 e. The molecule has 6 aromatic rings. The fourth-order valence-electron chi connectivity index (χ4n) is 15.1. The summed E-state index contributed by atoms with van der Waals surface area (Å²) in [6.07, 6.45) is -7.10. The number of ketones is 3. The van der Waals surface area contributed by atoms with Crippen molar-refractivity contribution in [2.75, 3.05) is 50.2 Å². The van der Waals surface area contributed by atoms with Crippen molar-refractivity contribution in [2.45, 2.75) is 267 Å². The van der Waals surface area contributed by atoms with Crippen molar-refractivity contribution in [1.29, 1.82) is 0 Å². The van der Waals surface area contributed by atoms with Gasteiger partial charge in [0.1, 0.15) is 17.3 Å². The van der Waals surface area contributed by atoms with Crippen molar-refractivity contribution < 1.29 is 233 Å². The number of carbonyl (C=O) groups is 3. The normalized spacial score (nSPS) is 19.0. The van der Waals surface area contributed by atoms with Crippen LogP contribution in [0.4, 0.5) is 39.5 Å². The number of hydrogen-bond acceptors (Lipinski definition) is 21. The van der Waals surface area contributed by atoms with E-state index in [1.165, 1.54) is 0 Å². The Morgan fingerprint density at radius 3 is 0.869 bits per heavy atom. The molecule has 3 fully saturated rings. The van der Waals surface area contributed by atoms with Crippen LogP contribution in [0.25, 0.3) is 0 Å². The summed E-state index contributed by atoms with van der Waals surface area (Å²) in [5, 5.41) is 9.68. The van der Waals surface area contributed by atoms with Crippen LogP contribution in [0.2, 0.25) is 0 Å². The van der Waals surface area contributed by atoms with E-state index in [0.717, 1.165) is 97.0 Å². The van der Waals surface area contributed by atoms with E-state index >= 15 is 0 Å². The third-order valence-corrected chi connectivity index (χ3v) is 32.2. The summed E-state index contributed by atoms with van der Waals surface area (Å²) in [5.74, 6) is -3.18. The standard InChI is InChI=1S/C32H44F3O7PS.C24H28F3O7PS.C24H27F3O4S.C12H28NO2P.2K/c1-30(2,3)41-43(37,42-31(4,5)6)40-21-26(24-10-8-7-9-11-24)20-29(36)25-14-12-23(13-15-25)22-44(38,39)28-18-16-27(17-19-28)32(33,34)35;25-24(26,27)21-10-12-22(13-11-21)36(32,33)16-17-6-8-19(9-7-17)23(28)14-20(15-34-35(29,30)31)18-4-2-1-3-5-18;25-24(26,27)21-10-12-22(13-11-21)32(30,31)16-17-6-8-19(9-7-17)23(29)14-20(15-28)18-4-2-1-3-5-18;1-9-13(10-2)16(14-11(3,4)5)15-12(6,7)8;;/h7-11,16-19,23,25-26H,12-15,20-22H2,1-6H3;1-5,10-13,17,19-20H,6-9,14-16H2,(H2,29,30,31);1-5,10-13,17,19-20,28H,6-9,14-16H2;9-10H2,1-8H3;;/q;;;;2*+1/p-2/t23?,25?,26-;2*17?,19?,20-;;;/m111.../s1. The molecule has 0 aromatic heterocycles. The number of aliphatic hydroxyl groups is 1. The maximum absolute atomic E-state index is 13.6. The number of phosphoric ester groups is 2. The van der Waals surface area contributed by atoms with Crippen LogP contribution in [0.1, 0.15) is 244 Å². The number of nitrogens with zero attached hydrogens (tertiary/aromatic N) is 1. The summed E-state index contributed by atoms with van der Waals surface area (Å²) in [6, 6.07) is 37.9. The number of Topliss-reactive ketones (excluding diaryl/α,β-unsaturated/α-hetero) is 3. The monoisotopic (exact) mass is 2000 g/mol. The first-order valence-electron chi connectivity index (χ1n) is 42.9. The van der Waals surface area contributed by atoms with E-state index in [9.17, 15) is 103 Å². The second-order valence-corrected chi connectivity index (χ2v) is 46.9. The summed E-state index contributed by atoms with van der Waals surface area (Å²) >= 11 is 0. The molecule has 0 radical (unpaired) electrons. The van der Waals surface area contributed by atoms with Gasteiger partial charge >= 0.3 is 129 Å². The molecular formula is C92H125F9K2NO20P3S3. The number of sulfone groups is 3. The predicted octanol–water partition coefficient (Wildman–Crippen LogP) is 15.9. The molecule has 38 heteroatoms. The van der Waals surface area contributed by atoms with Gasteiger partial charge in [-0.15, -0.1) is 0 Å². The summed E-state index contributed by atoms with van der Waals surface area (Å²) in [7, 11) is -21.4. The molecule has 6 aromatic carbocycles. The van der Waals surface area contributed by atoms with Crippen LogP contribution < -0.4 is 113 Å². The minimum atomic E-state index is -5.20. The number of phosphoric acid groups is 2. The van der Waals surface area contributed by atoms with E-state index < -0.39 is 119 Å². The molecule has 9 rings (SSSR count). The van der Waals surface area contributed by atoms with Gasteiger partial charge in [-0.3, -0.25) is 28.0 Å². The maximum atomic E-state index is 13.6. The molecule has 3 atom stereocenters. The average Bonchev–Trinajstić information content (AvgIpc) is 0.816. The van der Waals surface area contributed by atoms with Crippen LogP contribution in [-0.2, 0) is 98.7 Å². The van der Waals surface area contributed by atoms with Gasteiger partial charge in [-0.2, -0.15) is 39.5 Å². The number of halogens is 9. The molecule has 0 aliphatic heterocycles. The fraction of sp³-hybridized carbons (Fsp3) is 0.576. The third kappa shape index (κ3) is 43.0. The Labute approximate surface area is 849 Å². The number of aliphatic hydroxyl groups excluding tert-OH is 1. The molecule has 1 N–H and O–H groups in total. The zero-order valence-corrected chi connectivity index (χ0v) is 88.5. The molecular weight excluding hydrogens is 1880 g/mol. The number of carbonyl (C=O) groups excluding carboxylic acids is 3. The molecule has 130 heavy (non-hydrogen) atoms. The van der Waals surface area contributed by atoms with Crippen LogP contribution in [0.5, 0.6) is 0 Å². The Morgan fingerprint density at radius 1 is 0.400 bits per heavy atom. The largest absolute Gasteiger partial charge is 1.00 e. The molecule has 3 aliphatic carbocycles. The Morgan fingerprint density at radius 2 is 0.646 bits per heavy atom. The SMILES string of the molecule is CC(C)(C)OP(=O)(OC[C@@H](CC(=O)C1CCC(CS(=O)(=O)c2ccc(C(F)(F)F)cc2)CC1)c1ccccc1)OC(C)(C)C.CCN(CC)P(OC(C)(C)C)OC(C)(C)C.O=C(C[C@H](CO)c1ccccc1)C1CCC(CS(=O)(=O)c2ccc(C(F)(F)F)cc2)CC1.O=C(C[C@H](COP(=O)([O-])[O-])c1ccccc1)C1CCC(CS(=O)(=O)c2ccc(C(F)(F)F)cc2)CC1.[K+].[K+]. The zero-order valence-electron chi connectivity index (χ0n) is 77.2. The molecule has 716 valence electrons. The van der Waals surface area contributed by atoms with Crippen molar-refractivity contribution in [3.63, 3.8) is 0 Å². The summed E-state index contributed by atoms with van der Waals surface area (Å²) in [6.45, 7) is 28.4. The van der Waals surface area contributed by atoms with Gasteiger partial charge in [0.25, 0.3) is 8.53 Å². The van der Waals surface area contributed by atoms with E-state index in [2.05, 4.69) is 64.6 Å². The molecule has 0 saturated heterocycles. The Hall–Kier alpha value is -2.69. The molecule has 0 heterocycles. The van der Waals surface area contributed by atoms with Gasteiger partial charge in [-0.25, -0.2) is 34.5 Å². The predicted molar refractivity (Wildman–Crippen MR) is 471 cm³/mol. The number of alkyl halides is 9. The number of benzene rings is 6. The van der Waals surface area contributed by atoms with E-state index in [-0.39, 0.29) is 237 Å². The number of hydrogen-bond donors (Lipinski definition) is 1. The number of rotatable bonds is 35. The second kappa shape index (κ2) is 52.5. The molecule has 3 aliphatic rings. The van der Waals surface area contributed by atoms with Gasteiger partial charge in [-0.1, -0.05) is 105 Å². The van der Waals surface area contributed by atoms with Gasteiger partial charge in [0, 0.05) is 67.9 Å². The fourth-order valence-corrected chi connectivity index (χ4v) is 24.1. The van der Waals surface area contributed by atoms with Crippen molar-refractivity contribution in [3.05, 3.63) is 197 Å².